The van der Waals surface area contributed by atoms with Crippen molar-refractivity contribution in [2.24, 2.45) is 0 Å². The molecular weight excluding hydrogens is 212 g/mol. The third-order valence-electron chi connectivity index (χ3n) is 3.24. The van der Waals surface area contributed by atoms with Crippen LogP contribution in [-0.4, -0.2) is 5.11 Å². The summed E-state index contributed by atoms with van der Waals surface area (Å²) in [5.41, 5.74) is 3.29. The van der Waals surface area contributed by atoms with Crippen molar-refractivity contribution in [2.75, 3.05) is 0 Å². The lowest BCUT2D eigenvalue weighted by Crippen LogP contribution is -1.90. The van der Waals surface area contributed by atoms with E-state index in [9.17, 15) is 5.11 Å². The zero-order valence-corrected chi connectivity index (χ0v) is 9.73. The molecule has 0 amide bonds. The van der Waals surface area contributed by atoms with E-state index in [-0.39, 0.29) is 0 Å². The fraction of sp³-hybridized carbons (Fsp3) is 0.200. The summed E-state index contributed by atoms with van der Waals surface area (Å²) >= 11 is 0. The van der Waals surface area contributed by atoms with Crippen molar-refractivity contribution in [1.82, 2.24) is 0 Å². The Labute approximate surface area is 100 Å². The molecule has 0 fully saturated rings. The SMILES string of the molecule is Cc1cc2c(cc1O)Oc1ccccc1CC2. The normalized spacial score (nSPS) is 13.2. The van der Waals surface area contributed by atoms with Crippen LogP contribution in [0.5, 0.6) is 17.2 Å². The summed E-state index contributed by atoms with van der Waals surface area (Å²) in [7, 11) is 0. The number of rotatable bonds is 0. The number of hydrogen-bond donors (Lipinski definition) is 1. The van der Waals surface area contributed by atoms with Crippen molar-refractivity contribution in [1.29, 1.82) is 0 Å². The molecule has 0 atom stereocenters. The van der Waals surface area contributed by atoms with Crippen LogP contribution in [0.4, 0.5) is 0 Å². The fourth-order valence-electron chi connectivity index (χ4n) is 2.23. The lowest BCUT2D eigenvalue weighted by atomic mass is 10.0. The summed E-state index contributed by atoms with van der Waals surface area (Å²) in [5.74, 6) is 1.97. The number of phenols is 1. The first-order valence-electron chi connectivity index (χ1n) is 5.82. The Hall–Kier alpha value is -1.96. The van der Waals surface area contributed by atoms with Crippen LogP contribution in [0.15, 0.2) is 36.4 Å². The Bertz CT molecular complexity index is 573. The van der Waals surface area contributed by atoms with Gasteiger partial charge in [0, 0.05) is 6.07 Å². The number of phenolic OH excluding ortho intramolecular Hbond substituents is 1. The average molecular weight is 226 g/mol. The van der Waals surface area contributed by atoms with Gasteiger partial charge in [0.25, 0.3) is 0 Å². The summed E-state index contributed by atoms with van der Waals surface area (Å²) in [5, 5.41) is 9.74. The van der Waals surface area contributed by atoms with Gasteiger partial charge in [-0.2, -0.15) is 0 Å². The van der Waals surface area contributed by atoms with E-state index in [0.29, 0.717) is 5.75 Å². The topological polar surface area (TPSA) is 29.5 Å². The molecule has 0 bridgehead atoms. The summed E-state index contributed by atoms with van der Waals surface area (Å²) < 4.78 is 5.88. The second-order valence-electron chi connectivity index (χ2n) is 4.46. The van der Waals surface area contributed by atoms with E-state index in [0.717, 1.165) is 35.5 Å². The molecule has 1 aliphatic rings. The maximum absolute atomic E-state index is 9.74. The molecular formula is C15H14O2. The van der Waals surface area contributed by atoms with E-state index < -0.39 is 0 Å². The van der Waals surface area contributed by atoms with Gasteiger partial charge in [-0.05, 0) is 48.6 Å². The molecule has 2 aromatic rings. The molecule has 0 aromatic heterocycles. The minimum atomic E-state index is 0.295. The second kappa shape index (κ2) is 3.81. The molecule has 1 N–H and O–H groups in total. The van der Waals surface area contributed by atoms with Gasteiger partial charge in [0.05, 0.1) is 0 Å². The van der Waals surface area contributed by atoms with E-state index in [1.807, 2.05) is 31.2 Å². The van der Waals surface area contributed by atoms with E-state index in [4.69, 9.17) is 4.74 Å². The highest BCUT2D eigenvalue weighted by Gasteiger charge is 2.15. The van der Waals surface area contributed by atoms with Gasteiger partial charge in [0.15, 0.2) is 0 Å². The molecule has 2 nitrogen and oxygen atoms in total. The van der Waals surface area contributed by atoms with Crippen LogP contribution in [0.2, 0.25) is 0 Å². The van der Waals surface area contributed by atoms with Crippen molar-refractivity contribution < 1.29 is 9.84 Å². The smallest absolute Gasteiger partial charge is 0.134 e. The first-order valence-corrected chi connectivity index (χ1v) is 5.82. The largest absolute Gasteiger partial charge is 0.508 e. The van der Waals surface area contributed by atoms with Crippen LogP contribution in [0.25, 0.3) is 0 Å². The monoisotopic (exact) mass is 226 g/mol. The van der Waals surface area contributed by atoms with Crippen LogP contribution < -0.4 is 4.74 Å². The lowest BCUT2D eigenvalue weighted by molar-refractivity contribution is 0.450. The molecule has 0 saturated carbocycles. The van der Waals surface area contributed by atoms with Crippen molar-refractivity contribution >= 4 is 0 Å². The second-order valence-corrected chi connectivity index (χ2v) is 4.46. The number of aromatic hydroxyl groups is 1. The standard InChI is InChI=1S/C15H14O2/c1-10-8-12-7-6-11-4-2-3-5-14(11)17-15(12)9-13(10)16/h2-5,8-9,16H,6-7H2,1H3. The number of fused-ring (bicyclic) bond motifs is 2. The maximum atomic E-state index is 9.74. The Kier molecular flexibility index (Phi) is 2.29. The van der Waals surface area contributed by atoms with Crippen LogP contribution in [0.1, 0.15) is 16.7 Å². The molecule has 3 rings (SSSR count). The number of hydrogen-bond acceptors (Lipinski definition) is 2. The lowest BCUT2D eigenvalue weighted by Gasteiger charge is -2.10. The molecule has 0 unspecified atom stereocenters. The Morgan fingerprint density at radius 2 is 1.76 bits per heavy atom. The molecule has 2 aromatic carbocycles. The minimum absolute atomic E-state index is 0.295. The predicted molar refractivity (Wildman–Crippen MR) is 66.8 cm³/mol. The summed E-state index contributed by atoms with van der Waals surface area (Å²) in [4.78, 5) is 0. The Morgan fingerprint density at radius 3 is 2.65 bits per heavy atom. The van der Waals surface area contributed by atoms with E-state index in [1.165, 1.54) is 5.56 Å². The van der Waals surface area contributed by atoms with Crippen molar-refractivity contribution in [3.8, 4) is 17.2 Å². The quantitative estimate of drug-likeness (QED) is 0.743. The molecule has 17 heavy (non-hydrogen) atoms. The molecule has 1 heterocycles. The zero-order chi connectivity index (χ0) is 11.8. The van der Waals surface area contributed by atoms with Crippen molar-refractivity contribution in [3.63, 3.8) is 0 Å². The highest BCUT2D eigenvalue weighted by atomic mass is 16.5. The molecule has 0 saturated heterocycles. The molecule has 0 aliphatic carbocycles. The Morgan fingerprint density at radius 1 is 1.00 bits per heavy atom. The number of para-hydroxylation sites is 1. The molecule has 1 aliphatic heterocycles. The van der Waals surface area contributed by atoms with Gasteiger partial charge in [0.2, 0.25) is 0 Å². The number of benzene rings is 2. The summed E-state index contributed by atoms with van der Waals surface area (Å²) in [6.45, 7) is 1.91. The van der Waals surface area contributed by atoms with Gasteiger partial charge in [0.1, 0.15) is 17.2 Å². The van der Waals surface area contributed by atoms with Crippen LogP contribution in [0, 0.1) is 6.92 Å². The zero-order valence-electron chi connectivity index (χ0n) is 9.73. The number of aryl methyl sites for hydroxylation is 3. The van der Waals surface area contributed by atoms with Gasteiger partial charge in [-0.1, -0.05) is 18.2 Å². The highest BCUT2D eigenvalue weighted by molar-refractivity contribution is 5.50. The van der Waals surface area contributed by atoms with Crippen molar-refractivity contribution in [3.05, 3.63) is 53.1 Å². The molecule has 2 heteroatoms. The minimum Gasteiger partial charge on any atom is -0.508 e. The molecule has 0 radical (unpaired) electrons. The fourth-order valence-corrected chi connectivity index (χ4v) is 2.23. The van der Waals surface area contributed by atoms with Gasteiger partial charge in [-0.3, -0.25) is 0 Å². The third kappa shape index (κ3) is 1.76. The van der Waals surface area contributed by atoms with Gasteiger partial charge < -0.3 is 9.84 Å². The molecule has 0 spiro atoms. The first-order chi connectivity index (χ1) is 8.24. The van der Waals surface area contributed by atoms with E-state index in [2.05, 4.69) is 6.07 Å². The third-order valence-corrected chi connectivity index (χ3v) is 3.24. The maximum Gasteiger partial charge on any atom is 0.134 e. The van der Waals surface area contributed by atoms with Gasteiger partial charge in [-0.15, -0.1) is 0 Å². The summed E-state index contributed by atoms with van der Waals surface area (Å²) in [6, 6.07) is 11.8. The van der Waals surface area contributed by atoms with Gasteiger partial charge >= 0.3 is 0 Å². The number of ether oxygens (including phenoxy) is 1. The van der Waals surface area contributed by atoms with Crippen LogP contribution >= 0.6 is 0 Å². The summed E-state index contributed by atoms with van der Waals surface area (Å²) in [6.07, 6.45) is 1.93. The average Bonchev–Trinajstić information content (AvgIpc) is 2.49. The predicted octanol–water partition coefficient (Wildman–Crippen LogP) is 3.59. The highest BCUT2D eigenvalue weighted by Crippen LogP contribution is 2.36. The Balaban J connectivity index is 2.11. The first kappa shape index (κ1) is 10.2. The molecule has 86 valence electrons. The van der Waals surface area contributed by atoms with E-state index >= 15 is 0 Å². The van der Waals surface area contributed by atoms with Gasteiger partial charge in [-0.25, -0.2) is 0 Å². The van der Waals surface area contributed by atoms with E-state index in [1.54, 1.807) is 6.07 Å². The van der Waals surface area contributed by atoms with Crippen molar-refractivity contribution in [2.45, 2.75) is 19.8 Å². The van der Waals surface area contributed by atoms with Crippen LogP contribution in [-0.2, 0) is 12.8 Å². The van der Waals surface area contributed by atoms with Crippen LogP contribution in [0.3, 0.4) is 0 Å².